The lowest BCUT2D eigenvalue weighted by molar-refractivity contribution is -0.116. The first-order valence-electron chi connectivity index (χ1n) is 4.69. The van der Waals surface area contributed by atoms with Crippen molar-refractivity contribution in [2.75, 3.05) is 0 Å². The molecule has 0 unspecified atom stereocenters. The summed E-state index contributed by atoms with van der Waals surface area (Å²) >= 11 is 1.75. The molecular formula is C10H13NOS. The maximum Gasteiger partial charge on any atom is 0.130 e. The molecule has 0 bridgehead atoms. The molecule has 0 aliphatic heterocycles. The van der Waals surface area contributed by atoms with E-state index in [1.165, 1.54) is 17.8 Å². The second kappa shape index (κ2) is 3.58. The number of aromatic nitrogens is 1. The lowest BCUT2D eigenvalue weighted by Gasteiger charge is -1.91. The van der Waals surface area contributed by atoms with Crippen molar-refractivity contribution in [3.8, 4) is 0 Å². The van der Waals surface area contributed by atoms with Gasteiger partial charge in [0.1, 0.15) is 5.78 Å². The van der Waals surface area contributed by atoms with Gasteiger partial charge in [0.2, 0.25) is 0 Å². The average molecular weight is 195 g/mol. The van der Waals surface area contributed by atoms with Gasteiger partial charge in [0.05, 0.1) is 10.7 Å². The van der Waals surface area contributed by atoms with Gasteiger partial charge in [-0.15, -0.1) is 11.3 Å². The van der Waals surface area contributed by atoms with E-state index in [-0.39, 0.29) is 5.78 Å². The van der Waals surface area contributed by atoms with Crippen LogP contribution in [0.2, 0.25) is 0 Å². The highest BCUT2D eigenvalue weighted by atomic mass is 32.1. The fourth-order valence-electron chi connectivity index (χ4n) is 1.26. The zero-order chi connectivity index (χ0) is 9.26. The van der Waals surface area contributed by atoms with Gasteiger partial charge in [0, 0.05) is 17.7 Å². The fourth-order valence-corrected chi connectivity index (χ4v) is 2.28. The Labute approximate surface area is 82.0 Å². The quantitative estimate of drug-likeness (QED) is 0.739. The Bertz CT molecular complexity index is 314. The van der Waals surface area contributed by atoms with Crippen LogP contribution >= 0.6 is 11.3 Å². The largest absolute Gasteiger partial charge is 0.300 e. The van der Waals surface area contributed by atoms with Crippen molar-refractivity contribution in [1.82, 2.24) is 4.98 Å². The van der Waals surface area contributed by atoms with E-state index in [4.69, 9.17) is 0 Å². The van der Waals surface area contributed by atoms with E-state index in [1.54, 1.807) is 18.3 Å². The summed E-state index contributed by atoms with van der Waals surface area (Å²) in [5.41, 5.74) is 1.10. The lowest BCUT2D eigenvalue weighted by Crippen LogP contribution is -1.94. The number of ketones is 1. The first-order valence-corrected chi connectivity index (χ1v) is 5.57. The number of rotatable bonds is 4. The number of hydrogen-bond donors (Lipinski definition) is 0. The van der Waals surface area contributed by atoms with Crippen molar-refractivity contribution in [2.45, 2.75) is 38.5 Å². The summed E-state index contributed by atoms with van der Waals surface area (Å²) in [6.07, 6.45) is 4.06. The number of carbonyl (C=O) groups is 1. The van der Waals surface area contributed by atoms with Gasteiger partial charge in [-0.1, -0.05) is 0 Å². The molecule has 3 heteroatoms. The monoisotopic (exact) mass is 195 g/mol. The number of Topliss-reactive ketones (excluding diaryl/α,β-unsaturated/α-hetero) is 1. The van der Waals surface area contributed by atoms with Crippen LogP contribution in [-0.2, 0) is 11.2 Å². The first-order chi connectivity index (χ1) is 6.25. The van der Waals surface area contributed by atoms with E-state index in [1.807, 2.05) is 0 Å². The summed E-state index contributed by atoms with van der Waals surface area (Å²) in [7, 11) is 0. The van der Waals surface area contributed by atoms with E-state index in [0.717, 1.165) is 18.0 Å². The topological polar surface area (TPSA) is 30.0 Å². The molecule has 1 saturated carbocycles. The summed E-state index contributed by atoms with van der Waals surface area (Å²) in [4.78, 5) is 15.3. The molecule has 0 amide bonds. The third-order valence-electron chi connectivity index (χ3n) is 2.23. The smallest absolute Gasteiger partial charge is 0.130 e. The minimum Gasteiger partial charge on any atom is -0.300 e. The molecule has 1 aliphatic rings. The second-order valence-corrected chi connectivity index (χ2v) is 4.54. The molecule has 1 fully saturated rings. The molecule has 13 heavy (non-hydrogen) atoms. The predicted octanol–water partition coefficient (Wildman–Crippen LogP) is 2.54. The van der Waals surface area contributed by atoms with E-state index < -0.39 is 0 Å². The summed E-state index contributed by atoms with van der Waals surface area (Å²) in [5, 5.41) is 3.37. The molecule has 1 aromatic heterocycles. The van der Waals surface area contributed by atoms with Crippen molar-refractivity contribution in [2.24, 2.45) is 0 Å². The number of nitrogens with zero attached hydrogens (tertiary/aromatic N) is 1. The van der Waals surface area contributed by atoms with Crippen LogP contribution in [0.3, 0.4) is 0 Å². The highest BCUT2D eigenvalue weighted by molar-refractivity contribution is 7.09. The van der Waals surface area contributed by atoms with Crippen LogP contribution in [0.1, 0.15) is 42.8 Å². The van der Waals surface area contributed by atoms with Crippen LogP contribution in [0.4, 0.5) is 0 Å². The van der Waals surface area contributed by atoms with Crippen molar-refractivity contribution in [3.05, 3.63) is 16.1 Å². The third kappa shape index (κ3) is 2.37. The van der Waals surface area contributed by atoms with Gasteiger partial charge >= 0.3 is 0 Å². The zero-order valence-electron chi connectivity index (χ0n) is 7.75. The predicted molar refractivity (Wildman–Crippen MR) is 53.1 cm³/mol. The van der Waals surface area contributed by atoms with Gasteiger partial charge in [-0.05, 0) is 26.2 Å². The molecule has 2 nitrogen and oxygen atoms in total. The van der Waals surface area contributed by atoms with Crippen LogP contribution in [0.25, 0.3) is 0 Å². The maximum atomic E-state index is 10.7. The Balaban J connectivity index is 1.92. The van der Waals surface area contributed by atoms with Crippen molar-refractivity contribution in [1.29, 1.82) is 0 Å². The van der Waals surface area contributed by atoms with Crippen molar-refractivity contribution in [3.63, 3.8) is 0 Å². The first kappa shape index (κ1) is 8.88. The van der Waals surface area contributed by atoms with Crippen LogP contribution < -0.4 is 0 Å². The molecule has 1 heterocycles. The molecule has 0 spiro atoms. The van der Waals surface area contributed by atoms with Crippen LogP contribution in [0.15, 0.2) is 5.38 Å². The van der Waals surface area contributed by atoms with Gasteiger partial charge in [0.15, 0.2) is 0 Å². The Morgan fingerprint density at radius 1 is 1.69 bits per heavy atom. The molecule has 2 rings (SSSR count). The minimum atomic E-state index is 0.251. The Morgan fingerprint density at radius 2 is 2.46 bits per heavy atom. The van der Waals surface area contributed by atoms with E-state index >= 15 is 0 Å². The molecule has 1 aromatic rings. The lowest BCUT2D eigenvalue weighted by atomic mass is 10.2. The number of aryl methyl sites for hydroxylation is 1. The highest BCUT2D eigenvalue weighted by Crippen LogP contribution is 2.41. The molecular weight excluding hydrogens is 182 g/mol. The second-order valence-electron chi connectivity index (χ2n) is 3.65. The van der Waals surface area contributed by atoms with Gasteiger partial charge in [-0.3, -0.25) is 0 Å². The molecule has 0 radical (unpaired) electrons. The molecule has 1 aliphatic carbocycles. The average Bonchev–Trinajstić information content (AvgIpc) is 2.83. The molecule has 0 atom stereocenters. The van der Waals surface area contributed by atoms with Gasteiger partial charge < -0.3 is 4.79 Å². The molecule has 70 valence electrons. The Kier molecular flexibility index (Phi) is 2.44. The van der Waals surface area contributed by atoms with Crippen molar-refractivity contribution >= 4 is 17.1 Å². The SMILES string of the molecule is CC(=O)CCc1csc(C2CC2)n1. The van der Waals surface area contributed by atoms with Gasteiger partial charge in [0.25, 0.3) is 0 Å². The summed E-state index contributed by atoms with van der Waals surface area (Å²) in [6.45, 7) is 1.63. The fraction of sp³-hybridized carbons (Fsp3) is 0.600. The third-order valence-corrected chi connectivity index (χ3v) is 3.29. The van der Waals surface area contributed by atoms with Gasteiger partial charge in [-0.25, -0.2) is 4.98 Å². The standard InChI is InChI=1S/C10H13NOS/c1-7(12)2-5-9-6-13-10(11-9)8-3-4-8/h6,8H,2-5H2,1H3. The minimum absolute atomic E-state index is 0.251. The Hall–Kier alpha value is -0.700. The highest BCUT2D eigenvalue weighted by Gasteiger charge is 2.26. The zero-order valence-corrected chi connectivity index (χ0v) is 8.56. The molecule has 0 N–H and O–H groups in total. The van der Waals surface area contributed by atoms with Crippen LogP contribution in [0, 0.1) is 0 Å². The molecule has 0 saturated heterocycles. The summed E-state index contributed by atoms with van der Waals surface area (Å²) < 4.78 is 0. The van der Waals surface area contributed by atoms with E-state index in [9.17, 15) is 4.79 Å². The maximum absolute atomic E-state index is 10.7. The summed E-state index contributed by atoms with van der Waals surface area (Å²) in [6, 6.07) is 0. The normalized spacial score (nSPS) is 16.1. The number of carbonyl (C=O) groups excluding carboxylic acids is 1. The molecule has 0 aromatic carbocycles. The van der Waals surface area contributed by atoms with E-state index in [2.05, 4.69) is 10.4 Å². The Morgan fingerprint density at radius 3 is 3.08 bits per heavy atom. The van der Waals surface area contributed by atoms with E-state index in [0.29, 0.717) is 6.42 Å². The van der Waals surface area contributed by atoms with Crippen LogP contribution in [-0.4, -0.2) is 10.8 Å². The van der Waals surface area contributed by atoms with Gasteiger partial charge in [-0.2, -0.15) is 0 Å². The van der Waals surface area contributed by atoms with Crippen molar-refractivity contribution < 1.29 is 4.79 Å². The number of hydrogen-bond acceptors (Lipinski definition) is 3. The number of thiazole rings is 1. The van der Waals surface area contributed by atoms with Crippen LogP contribution in [0.5, 0.6) is 0 Å². The summed E-state index contributed by atoms with van der Waals surface area (Å²) in [5.74, 6) is 0.997.